The average molecular weight is 521 g/mol. The molecule has 1 heterocycles. The molecule has 0 amide bonds. The first-order valence-electron chi connectivity index (χ1n) is 12.2. The topological polar surface area (TPSA) is 69.3 Å². The third-order valence-electron chi connectivity index (χ3n) is 6.42. The summed E-state index contributed by atoms with van der Waals surface area (Å²) < 4.78 is 22.4. The maximum Gasteiger partial charge on any atom is 0.338 e. The lowest BCUT2D eigenvalue weighted by atomic mass is 9.92. The molecule has 0 saturated carbocycles. The summed E-state index contributed by atoms with van der Waals surface area (Å²) >= 11 is 5.89. The Hall–Kier alpha value is -3.78. The Morgan fingerprint density at radius 2 is 1.76 bits per heavy atom. The summed E-state index contributed by atoms with van der Waals surface area (Å²) in [5.74, 6) is 1.66. The molecule has 0 spiro atoms. The van der Waals surface area contributed by atoms with E-state index in [2.05, 4.69) is 10.2 Å². The second-order valence-electron chi connectivity index (χ2n) is 8.67. The van der Waals surface area contributed by atoms with Crippen LogP contribution in [0.4, 0.5) is 5.69 Å². The SMILES string of the molecule is CCOC(=O)c1ccc(OC[C@H]2c3cc(OC)c(OC)cc3CCN2C(=S)Nc2ccccc2C)cc1. The van der Waals surface area contributed by atoms with E-state index in [1.807, 2.05) is 43.3 Å². The smallest absolute Gasteiger partial charge is 0.338 e. The van der Waals surface area contributed by atoms with E-state index in [-0.39, 0.29) is 12.0 Å². The predicted molar refractivity (Wildman–Crippen MR) is 148 cm³/mol. The van der Waals surface area contributed by atoms with Gasteiger partial charge >= 0.3 is 5.97 Å². The normalized spacial score (nSPS) is 14.4. The minimum Gasteiger partial charge on any atom is -0.493 e. The fourth-order valence-electron chi connectivity index (χ4n) is 4.43. The van der Waals surface area contributed by atoms with Crippen LogP contribution in [0, 0.1) is 6.92 Å². The Balaban J connectivity index is 1.61. The van der Waals surface area contributed by atoms with Gasteiger partial charge in [0.25, 0.3) is 0 Å². The van der Waals surface area contributed by atoms with Crippen LogP contribution < -0.4 is 19.5 Å². The van der Waals surface area contributed by atoms with Gasteiger partial charge in [-0.2, -0.15) is 0 Å². The molecule has 1 N–H and O–H groups in total. The molecule has 1 aliphatic heterocycles. The average Bonchev–Trinajstić information content (AvgIpc) is 2.92. The molecular weight excluding hydrogens is 488 g/mol. The predicted octanol–water partition coefficient (Wildman–Crippen LogP) is 5.56. The highest BCUT2D eigenvalue weighted by molar-refractivity contribution is 7.80. The fourth-order valence-corrected chi connectivity index (χ4v) is 4.76. The lowest BCUT2D eigenvalue weighted by Gasteiger charge is -2.39. The molecule has 0 aliphatic carbocycles. The van der Waals surface area contributed by atoms with E-state index in [0.717, 1.165) is 29.8 Å². The summed E-state index contributed by atoms with van der Waals surface area (Å²) in [5, 5.41) is 4.04. The molecule has 0 saturated heterocycles. The van der Waals surface area contributed by atoms with Crippen LogP contribution in [0.2, 0.25) is 0 Å². The van der Waals surface area contributed by atoms with Crippen LogP contribution in [-0.4, -0.2) is 50.0 Å². The molecule has 0 unspecified atom stereocenters. The number of carbonyl (C=O) groups excluding carboxylic acids is 1. The molecule has 37 heavy (non-hydrogen) atoms. The fraction of sp³-hybridized carbons (Fsp3) is 0.310. The van der Waals surface area contributed by atoms with Crippen molar-refractivity contribution in [2.45, 2.75) is 26.3 Å². The van der Waals surface area contributed by atoms with Gasteiger partial charge in [-0.1, -0.05) is 18.2 Å². The number of hydrogen-bond donors (Lipinski definition) is 1. The number of fused-ring (bicyclic) bond motifs is 1. The molecule has 0 radical (unpaired) electrons. The molecule has 194 valence electrons. The van der Waals surface area contributed by atoms with Crippen LogP contribution in [0.3, 0.4) is 0 Å². The minimum absolute atomic E-state index is 0.169. The molecule has 8 heteroatoms. The van der Waals surface area contributed by atoms with Crippen molar-refractivity contribution >= 4 is 29.0 Å². The number of carbonyl (C=O) groups is 1. The number of benzene rings is 3. The van der Waals surface area contributed by atoms with Crippen LogP contribution in [-0.2, 0) is 11.2 Å². The second kappa shape index (κ2) is 12.0. The molecule has 1 atom stereocenters. The number of hydrogen-bond acceptors (Lipinski definition) is 6. The number of thiocarbonyl (C=S) groups is 1. The van der Waals surface area contributed by atoms with E-state index in [1.54, 1.807) is 45.4 Å². The Bertz CT molecular complexity index is 1260. The van der Waals surface area contributed by atoms with Gasteiger partial charge in [-0.15, -0.1) is 0 Å². The number of esters is 1. The second-order valence-corrected chi connectivity index (χ2v) is 9.05. The largest absolute Gasteiger partial charge is 0.493 e. The zero-order valence-corrected chi connectivity index (χ0v) is 22.4. The van der Waals surface area contributed by atoms with Gasteiger partial charge in [0.2, 0.25) is 0 Å². The van der Waals surface area contributed by atoms with E-state index in [1.165, 1.54) is 5.56 Å². The van der Waals surface area contributed by atoms with Crippen LogP contribution in [0.25, 0.3) is 0 Å². The van der Waals surface area contributed by atoms with E-state index in [9.17, 15) is 4.79 Å². The van der Waals surface area contributed by atoms with Crippen LogP contribution >= 0.6 is 12.2 Å². The molecule has 3 aromatic carbocycles. The van der Waals surface area contributed by atoms with Crippen LogP contribution in [0.1, 0.15) is 40.0 Å². The van der Waals surface area contributed by atoms with E-state index >= 15 is 0 Å². The van der Waals surface area contributed by atoms with Gasteiger partial charge in [-0.25, -0.2) is 4.79 Å². The van der Waals surface area contributed by atoms with Crippen molar-refractivity contribution in [2.24, 2.45) is 0 Å². The Morgan fingerprint density at radius 3 is 2.43 bits per heavy atom. The maximum atomic E-state index is 12.0. The molecule has 4 rings (SSSR count). The number of rotatable bonds is 8. The molecular formula is C29H32N2O5S. The Morgan fingerprint density at radius 1 is 1.05 bits per heavy atom. The highest BCUT2D eigenvalue weighted by Gasteiger charge is 2.31. The molecule has 3 aromatic rings. The first-order chi connectivity index (χ1) is 17.9. The first kappa shape index (κ1) is 26.3. The summed E-state index contributed by atoms with van der Waals surface area (Å²) in [4.78, 5) is 14.1. The van der Waals surface area contributed by atoms with Crippen molar-refractivity contribution < 1.29 is 23.7 Å². The van der Waals surface area contributed by atoms with Gasteiger partial charge in [0.15, 0.2) is 16.6 Å². The number of nitrogens with zero attached hydrogens (tertiary/aromatic N) is 1. The zero-order chi connectivity index (χ0) is 26.4. The van der Waals surface area contributed by atoms with Crippen LogP contribution in [0.15, 0.2) is 60.7 Å². The zero-order valence-electron chi connectivity index (χ0n) is 21.6. The summed E-state index contributed by atoms with van der Waals surface area (Å²) in [5.41, 5.74) is 4.81. The van der Waals surface area contributed by atoms with Gasteiger partial charge in [0.05, 0.1) is 32.4 Å². The Labute approximate surface area is 223 Å². The Kier molecular flexibility index (Phi) is 8.50. The highest BCUT2D eigenvalue weighted by Crippen LogP contribution is 2.38. The molecule has 0 aromatic heterocycles. The lowest BCUT2D eigenvalue weighted by molar-refractivity contribution is 0.0526. The van der Waals surface area contributed by atoms with Crippen molar-refractivity contribution in [2.75, 3.05) is 39.3 Å². The van der Waals surface area contributed by atoms with Crippen molar-refractivity contribution in [3.8, 4) is 17.2 Å². The van der Waals surface area contributed by atoms with Crippen molar-refractivity contribution in [3.63, 3.8) is 0 Å². The van der Waals surface area contributed by atoms with Crippen molar-refractivity contribution in [1.29, 1.82) is 0 Å². The number of ether oxygens (including phenoxy) is 4. The lowest BCUT2D eigenvalue weighted by Crippen LogP contribution is -2.44. The number of para-hydroxylation sites is 1. The van der Waals surface area contributed by atoms with Gasteiger partial charge in [-0.3, -0.25) is 0 Å². The van der Waals surface area contributed by atoms with Gasteiger partial charge < -0.3 is 29.2 Å². The minimum atomic E-state index is -0.352. The van der Waals surface area contributed by atoms with E-state index in [4.69, 9.17) is 31.2 Å². The number of methoxy groups -OCH3 is 2. The van der Waals surface area contributed by atoms with E-state index in [0.29, 0.717) is 41.1 Å². The summed E-state index contributed by atoms with van der Waals surface area (Å²) in [6, 6.07) is 18.9. The molecule has 0 bridgehead atoms. The van der Waals surface area contributed by atoms with Gasteiger partial charge in [0.1, 0.15) is 12.4 Å². The quantitative estimate of drug-likeness (QED) is 0.306. The third kappa shape index (κ3) is 5.97. The number of aryl methyl sites for hydroxylation is 1. The summed E-state index contributed by atoms with van der Waals surface area (Å²) in [7, 11) is 3.27. The summed E-state index contributed by atoms with van der Waals surface area (Å²) in [6.45, 7) is 5.23. The highest BCUT2D eigenvalue weighted by atomic mass is 32.1. The monoisotopic (exact) mass is 520 g/mol. The molecule has 1 aliphatic rings. The molecule has 7 nitrogen and oxygen atoms in total. The number of nitrogens with one attached hydrogen (secondary N) is 1. The van der Waals surface area contributed by atoms with Gasteiger partial charge in [0, 0.05) is 12.2 Å². The first-order valence-corrected chi connectivity index (χ1v) is 12.6. The van der Waals surface area contributed by atoms with Crippen molar-refractivity contribution in [1.82, 2.24) is 4.90 Å². The van der Waals surface area contributed by atoms with E-state index < -0.39 is 0 Å². The molecule has 0 fully saturated rings. The maximum absolute atomic E-state index is 12.0. The standard InChI is InChI=1S/C29H32N2O5S/c1-5-35-28(32)20-10-12-22(13-11-20)36-18-25-23-17-27(34-4)26(33-3)16-21(23)14-15-31(25)29(37)30-24-9-7-6-8-19(24)2/h6-13,16-17,25H,5,14-15,18H2,1-4H3,(H,30,37)/t25-/m0/s1. The van der Waals surface area contributed by atoms with Gasteiger partial charge in [-0.05, 0) is 91.6 Å². The van der Waals surface area contributed by atoms with Crippen molar-refractivity contribution in [3.05, 3.63) is 82.9 Å². The summed E-state index contributed by atoms with van der Waals surface area (Å²) in [6.07, 6.45) is 0.802. The number of anilines is 1. The third-order valence-corrected chi connectivity index (χ3v) is 6.76. The van der Waals surface area contributed by atoms with Crippen LogP contribution in [0.5, 0.6) is 17.2 Å².